The van der Waals surface area contributed by atoms with Gasteiger partial charge in [-0.1, -0.05) is 38.8 Å². The average Bonchev–Trinajstić information content (AvgIpc) is 2.73. The second kappa shape index (κ2) is 12.9. The summed E-state index contributed by atoms with van der Waals surface area (Å²) in [6.07, 6.45) is 4.29. The topological polar surface area (TPSA) is 88.1 Å². The largest absolute Gasteiger partial charge is 0.450 e. The number of esters is 1. The molecule has 0 aliphatic heterocycles. The van der Waals surface area contributed by atoms with Gasteiger partial charge in [0, 0.05) is 19.0 Å². The number of hydrogen-bond acceptors (Lipinski definition) is 6. The molecule has 2 rings (SSSR count). The monoisotopic (exact) mass is 462 g/mol. The minimum absolute atomic E-state index is 0.0444. The lowest BCUT2D eigenvalue weighted by molar-refractivity contribution is -0.135. The molecule has 7 heteroatoms. The molecular weight excluding hydrogens is 420 g/mol. The maximum atomic E-state index is 12.7. The molecule has 1 aliphatic rings. The number of nitrogens with zero attached hydrogens (tertiary/aromatic N) is 1. The van der Waals surface area contributed by atoms with E-state index in [2.05, 4.69) is 24.1 Å². The highest BCUT2D eigenvalue weighted by Gasteiger charge is 2.40. The Hall–Kier alpha value is -2.12. The number of aliphatic hydroxyl groups is 1. The summed E-state index contributed by atoms with van der Waals surface area (Å²) in [5, 5.41) is 14.3. The van der Waals surface area contributed by atoms with Crippen molar-refractivity contribution < 1.29 is 24.2 Å². The molecule has 3 atom stereocenters. The van der Waals surface area contributed by atoms with Gasteiger partial charge in [0.05, 0.1) is 18.6 Å². The Morgan fingerprint density at radius 3 is 2.70 bits per heavy atom. The second-order valence-corrected chi connectivity index (χ2v) is 9.93. The van der Waals surface area contributed by atoms with Crippen LogP contribution < -0.4 is 10.1 Å². The van der Waals surface area contributed by atoms with E-state index in [1.165, 1.54) is 0 Å². The molecule has 0 spiro atoms. The van der Waals surface area contributed by atoms with Crippen molar-refractivity contribution in [2.24, 2.45) is 17.8 Å². The molecule has 0 aromatic heterocycles. The first-order valence-corrected chi connectivity index (χ1v) is 12.2. The van der Waals surface area contributed by atoms with E-state index in [0.717, 1.165) is 37.8 Å². The third-order valence-corrected chi connectivity index (χ3v) is 6.26. The molecule has 3 unspecified atom stereocenters. The first-order chi connectivity index (χ1) is 15.6. The molecule has 1 fully saturated rings. The summed E-state index contributed by atoms with van der Waals surface area (Å²) in [6.45, 7) is 7.40. The van der Waals surface area contributed by atoms with Gasteiger partial charge >= 0.3 is 12.1 Å². The number of amides is 1. The smallest absolute Gasteiger partial charge is 0.407 e. The predicted octanol–water partition coefficient (Wildman–Crippen LogP) is 4.33. The molecular formula is C26H42N2O5. The Kier molecular flexibility index (Phi) is 10.6. The zero-order valence-electron chi connectivity index (χ0n) is 20.9. The van der Waals surface area contributed by atoms with Crippen molar-refractivity contribution in [3.05, 3.63) is 29.8 Å². The number of benzene rings is 1. The fourth-order valence-corrected chi connectivity index (χ4v) is 4.84. The molecule has 33 heavy (non-hydrogen) atoms. The van der Waals surface area contributed by atoms with Gasteiger partial charge in [-0.05, 0) is 69.8 Å². The fourth-order valence-electron chi connectivity index (χ4n) is 4.84. The van der Waals surface area contributed by atoms with Gasteiger partial charge in [-0.2, -0.15) is 0 Å². The average molecular weight is 463 g/mol. The van der Waals surface area contributed by atoms with E-state index in [9.17, 15) is 14.7 Å². The van der Waals surface area contributed by atoms with E-state index in [4.69, 9.17) is 9.47 Å². The first-order valence-electron chi connectivity index (χ1n) is 12.2. The molecule has 0 heterocycles. The molecule has 2 N–H and O–H groups in total. The zero-order valence-corrected chi connectivity index (χ0v) is 20.9. The Bertz CT molecular complexity index is 767. The fraction of sp³-hybridized carbons (Fsp3) is 0.692. The van der Waals surface area contributed by atoms with Gasteiger partial charge in [0.2, 0.25) is 0 Å². The van der Waals surface area contributed by atoms with Crippen LogP contribution in [-0.4, -0.2) is 55.9 Å². The lowest BCUT2D eigenvalue weighted by Crippen LogP contribution is -2.43. The number of carbonyl (C=O) groups excluding carboxylic acids is 2. The number of ether oxygens (including phenoxy) is 2. The van der Waals surface area contributed by atoms with Gasteiger partial charge in [0.15, 0.2) is 0 Å². The van der Waals surface area contributed by atoms with Crippen molar-refractivity contribution in [1.82, 2.24) is 10.2 Å². The molecule has 1 aromatic rings. The molecule has 1 saturated carbocycles. The molecule has 0 saturated heterocycles. The summed E-state index contributed by atoms with van der Waals surface area (Å²) in [5.41, 5.74) is -0.114. The maximum absolute atomic E-state index is 12.7. The Balaban J connectivity index is 2.06. The summed E-state index contributed by atoms with van der Waals surface area (Å²) in [4.78, 5) is 26.5. The number of nitrogens with one attached hydrogen (secondary N) is 1. The lowest BCUT2D eigenvalue weighted by Gasteiger charge is -2.41. The summed E-state index contributed by atoms with van der Waals surface area (Å²) in [7, 11) is 4.05. The molecule has 1 aliphatic carbocycles. The highest BCUT2D eigenvalue weighted by molar-refractivity contribution is 5.73. The van der Waals surface area contributed by atoms with E-state index < -0.39 is 11.7 Å². The van der Waals surface area contributed by atoms with Crippen LogP contribution in [0.5, 0.6) is 5.75 Å². The first kappa shape index (κ1) is 27.1. The van der Waals surface area contributed by atoms with Crippen molar-refractivity contribution >= 4 is 12.1 Å². The van der Waals surface area contributed by atoms with Crippen molar-refractivity contribution in [1.29, 1.82) is 0 Å². The summed E-state index contributed by atoms with van der Waals surface area (Å²) in [5.74, 6) is 0.573. The summed E-state index contributed by atoms with van der Waals surface area (Å²) >= 11 is 0. The van der Waals surface area contributed by atoms with Crippen LogP contribution in [-0.2, 0) is 15.1 Å². The van der Waals surface area contributed by atoms with Gasteiger partial charge in [0.25, 0.3) is 0 Å². The van der Waals surface area contributed by atoms with Crippen LogP contribution in [0.3, 0.4) is 0 Å². The maximum Gasteiger partial charge on any atom is 0.407 e. The number of hydrogen-bond donors (Lipinski definition) is 2. The van der Waals surface area contributed by atoms with Crippen molar-refractivity contribution in [2.45, 2.75) is 64.9 Å². The van der Waals surface area contributed by atoms with E-state index in [-0.39, 0.29) is 24.2 Å². The predicted molar refractivity (Wildman–Crippen MR) is 129 cm³/mol. The van der Waals surface area contributed by atoms with Crippen molar-refractivity contribution in [2.75, 3.05) is 33.8 Å². The molecule has 1 amide bonds. The highest BCUT2D eigenvalue weighted by Crippen LogP contribution is 2.42. The number of carbonyl (C=O) groups is 2. The third-order valence-electron chi connectivity index (χ3n) is 6.26. The zero-order chi connectivity index (χ0) is 24.4. The van der Waals surface area contributed by atoms with Gasteiger partial charge in [0.1, 0.15) is 5.75 Å². The Labute approximate surface area is 198 Å². The van der Waals surface area contributed by atoms with Crippen LogP contribution in [0.2, 0.25) is 0 Å². The Morgan fingerprint density at radius 1 is 1.27 bits per heavy atom. The minimum atomic E-state index is -0.922. The van der Waals surface area contributed by atoms with Gasteiger partial charge in [-0.25, -0.2) is 4.79 Å². The van der Waals surface area contributed by atoms with Gasteiger partial charge in [-0.3, -0.25) is 4.79 Å². The van der Waals surface area contributed by atoms with Crippen molar-refractivity contribution in [3.63, 3.8) is 0 Å². The van der Waals surface area contributed by atoms with Crippen LogP contribution in [0.4, 0.5) is 4.79 Å². The van der Waals surface area contributed by atoms with E-state index >= 15 is 0 Å². The summed E-state index contributed by atoms with van der Waals surface area (Å²) in [6, 6.07) is 7.32. The number of alkyl carbamates (subject to hydrolysis) is 1. The van der Waals surface area contributed by atoms with Crippen LogP contribution >= 0.6 is 0 Å². The second-order valence-electron chi connectivity index (χ2n) is 9.93. The molecule has 186 valence electrons. The molecule has 7 nitrogen and oxygen atoms in total. The minimum Gasteiger partial charge on any atom is -0.450 e. The molecule has 0 bridgehead atoms. The number of rotatable bonds is 11. The molecule has 0 radical (unpaired) electrons. The van der Waals surface area contributed by atoms with Crippen LogP contribution in [0, 0.1) is 17.8 Å². The van der Waals surface area contributed by atoms with E-state index in [1.807, 2.05) is 26.2 Å². The van der Waals surface area contributed by atoms with E-state index in [0.29, 0.717) is 31.2 Å². The van der Waals surface area contributed by atoms with Crippen LogP contribution in [0.25, 0.3) is 0 Å². The quantitative estimate of drug-likeness (QED) is 0.376. The molecule has 1 aromatic carbocycles. The van der Waals surface area contributed by atoms with Crippen LogP contribution in [0.1, 0.15) is 64.9 Å². The van der Waals surface area contributed by atoms with Crippen molar-refractivity contribution in [3.8, 4) is 5.75 Å². The highest BCUT2D eigenvalue weighted by atomic mass is 16.5. The standard InChI is InChI=1S/C26H42N2O5/c1-6-32-25(30)27-17-20(14-19(2)3)15-24(29)33-23-12-9-11-21(16-23)26(31)13-8-7-10-22(26)18-28(4)5/h9,11-12,16,19-20,22,31H,6-8,10,13-15,17-18H2,1-5H3,(H,27,30). The van der Waals surface area contributed by atoms with E-state index in [1.54, 1.807) is 19.1 Å². The SMILES string of the molecule is CCOC(=O)NCC(CC(=O)Oc1cccc(C2(O)CCCCC2CN(C)C)c1)CC(C)C. The normalized spacial score (nSPS) is 21.6. The lowest BCUT2D eigenvalue weighted by atomic mass is 9.71. The summed E-state index contributed by atoms with van der Waals surface area (Å²) < 4.78 is 10.6. The van der Waals surface area contributed by atoms with Crippen LogP contribution in [0.15, 0.2) is 24.3 Å². The van der Waals surface area contributed by atoms with Gasteiger partial charge in [-0.15, -0.1) is 0 Å². The Morgan fingerprint density at radius 2 is 2.03 bits per heavy atom. The van der Waals surface area contributed by atoms with Gasteiger partial charge < -0.3 is 24.8 Å². The third kappa shape index (κ3) is 8.63.